The number of benzene rings is 1. The van der Waals surface area contributed by atoms with Crippen molar-refractivity contribution in [2.45, 2.75) is 13.8 Å². The van der Waals surface area contributed by atoms with Gasteiger partial charge in [0.15, 0.2) is 0 Å². The topological polar surface area (TPSA) is 37.4 Å². The number of fused-ring (bicyclic) bond motifs is 1. The summed E-state index contributed by atoms with van der Waals surface area (Å²) in [6.07, 6.45) is 0. The predicted octanol–water partition coefficient (Wildman–Crippen LogP) is 2.81. The predicted molar refractivity (Wildman–Crippen MR) is 67.4 cm³/mol. The van der Waals surface area contributed by atoms with E-state index in [9.17, 15) is 14.0 Å². The third-order valence-electron chi connectivity index (χ3n) is 2.76. The van der Waals surface area contributed by atoms with Crippen molar-refractivity contribution in [2.24, 2.45) is 0 Å². The number of halogens is 2. The molecule has 0 aliphatic carbocycles. The average molecular weight is 268 g/mol. The summed E-state index contributed by atoms with van der Waals surface area (Å²) in [5.74, 6) is -1.95. The molecule has 0 bridgehead atoms. The summed E-state index contributed by atoms with van der Waals surface area (Å²) in [4.78, 5) is 24.7. The highest BCUT2D eigenvalue weighted by molar-refractivity contribution is 6.52. The van der Waals surface area contributed by atoms with Crippen LogP contribution in [-0.4, -0.2) is 18.2 Å². The molecule has 0 saturated heterocycles. The van der Waals surface area contributed by atoms with Gasteiger partial charge in [-0.1, -0.05) is 11.6 Å². The lowest BCUT2D eigenvalue weighted by atomic mass is 10.1. The van der Waals surface area contributed by atoms with E-state index in [0.717, 1.165) is 4.90 Å². The Morgan fingerprint density at radius 2 is 2.11 bits per heavy atom. The SMILES string of the molecule is C/C(=C/Cl)CN1C(=O)C(=O)c2cc(C)cc(F)c21. The lowest BCUT2D eigenvalue weighted by molar-refractivity contribution is -0.114. The molecule has 0 atom stereocenters. The van der Waals surface area contributed by atoms with E-state index >= 15 is 0 Å². The number of Topliss-reactive ketones (excluding diaryl/α,β-unsaturated/α-hetero) is 1. The van der Waals surface area contributed by atoms with E-state index in [1.807, 2.05) is 0 Å². The lowest BCUT2D eigenvalue weighted by Crippen LogP contribution is -2.31. The van der Waals surface area contributed by atoms with Crippen molar-refractivity contribution in [3.63, 3.8) is 0 Å². The van der Waals surface area contributed by atoms with E-state index in [-0.39, 0.29) is 17.8 Å². The van der Waals surface area contributed by atoms with Crippen LogP contribution in [0.3, 0.4) is 0 Å². The Morgan fingerprint density at radius 3 is 2.72 bits per heavy atom. The maximum Gasteiger partial charge on any atom is 0.299 e. The summed E-state index contributed by atoms with van der Waals surface area (Å²) < 4.78 is 13.9. The van der Waals surface area contributed by atoms with Gasteiger partial charge in [0.2, 0.25) is 0 Å². The molecule has 0 N–H and O–H groups in total. The molecule has 18 heavy (non-hydrogen) atoms. The van der Waals surface area contributed by atoms with Crippen LogP contribution in [0.25, 0.3) is 0 Å². The first kappa shape index (κ1) is 12.8. The fourth-order valence-corrected chi connectivity index (χ4v) is 2.03. The van der Waals surface area contributed by atoms with Gasteiger partial charge in [-0.2, -0.15) is 0 Å². The highest BCUT2D eigenvalue weighted by atomic mass is 35.5. The minimum absolute atomic E-state index is 0.0495. The Bertz CT molecular complexity index is 581. The Hall–Kier alpha value is -1.68. The van der Waals surface area contributed by atoms with Gasteiger partial charge in [-0.05, 0) is 37.1 Å². The van der Waals surface area contributed by atoms with E-state index in [0.29, 0.717) is 11.1 Å². The number of ketones is 1. The molecule has 0 spiro atoms. The normalized spacial score (nSPS) is 15.3. The van der Waals surface area contributed by atoms with Crippen LogP contribution in [0.4, 0.5) is 10.1 Å². The summed E-state index contributed by atoms with van der Waals surface area (Å²) in [6, 6.07) is 2.83. The van der Waals surface area contributed by atoms with Crippen LogP contribution in [0.2, 0.25) is 0 Å². The molecule has 0 fully saturated rings. The van der Waals surface area contributed by atoms with Crippen LogP contribution in [0.5, 0.6) is 0 Å². The maximum absolute atomic E-state index is 13.9. The molecule has 2 rings (SSSR count). The van der Waals surface area contributed by atoms with Gasteiger partial charge in [0.1, 0.15) is 5.82 Å². The third-order valence-corrected chi connectivity index (χ3v) is 3.13. The Balaban J connectivity index is 2.55. The van der Waals surface area contributed by atoms with Gasteiger partial charge in [0, 0.05) is 12.1 Å². The molecule has 3 nitrogen and oxygen atoms in total. The molecule has 0 radical (unpaired) electrons. The summed E-state index contributed by atoms with van der Waals surface area (Å²) in [5, 5.41) is 0. The molecular weight excluding hydrogens is 257 g/mol. The number of carbonyl (C=O) groups is 2. The van der Waals surface area contributed by atoms with Crippen molar-refractivity contribution >= 4 is 29.0 Å². The summed E-state index contributed by atoms with van der Waals surface area (Å²) in [5.41, 5.74) is 2.76. The average Bonchev–Trinajstić information content (AvgIpc) is 2.54. The minimum atomic E-state index is -0.715. The monoisotopic (exact) mass is 267 g/mol. The van der Waals surface area contributed by atoms with Gasteiger partial charge in [-0.3, -0.25) is 14.5 Å². The lowest BCUT2D eigenvalue weighted by Gasteiger charge is -2.17. The highest BCUT2D eigenvalue weighted by Gasteiger charge is 2.38. The first-order chi connectivity index (χ1) is 8.45. The van der Waals surface area contributed by atoms with Gasteiger partial charge >= 0.3 is 0 Å². The second-order valence-electron chi connectivity index (χ2n) is 4.32. The van der Waals surface area contributed by atoms with Crippen molar-refractivity contribution < 1.29 is 14.0 Å². The second kappa shape index (κ2) is 4.53. The van der Waals surface area contributed by atoms with Crippen molar-refractivity contribution in [3.8, 4) is 0 Å². The first-order valence-electron chi connectivity index (χ1n) is 5.38. The minimum Gasteiger partial charge on any atom is -0.298 e. The van der Waals surface area contributed by atoms with E-state index in [4.69, 9.17) is 11.6 Å². The zero-order chi connectivity index (χ0) is 13.4. The molecule has 1 aliphatic heterocycles. The maximum atomic E-state index is 13.9. The Kier molecular flexibility index (Phi) is 3.22. The van der Waals surface area contributed by atoms with Crippen LogP contribution in [-0.2, 0) is 4.79 Å². The molecule has 1 amide bonds. The zero-order valence-electron chi connectivity index (χ0n) is 9.96. The summed E-state index contributed by atoms with van der Waals surface area (Å²) >= 11 is 5.53. The Morgan fingerprint density at radius 1 is 1.44 bits per heavy atom. The molecule has 1 aromatic rings. The molecule has 5 heteroatoms. The van der Waals surface area contributed by atoms with Gasteiger partial charge in [-0.15, -0.1) is 0 Å². The zero-order valence-corrected chi connectivity index (χ0v) is 10.7. The van der Waals surface area contributed by atoms with E-state index < -0.39 is 17.5 Å². The summed E-state index contributed by atoms with van der Waals surface area (Å²) in [7, 11) is 0. The van der Waals surface area contributed by atoms with Gasteiger partial charge in [0.05, 0.1) is 11.3 Å². The van der Waals surface area contributed by atoms with Crippen LogP contribution < -0.4 is 4.90 Å². The number of nitrogens with zero attached hydrogens (tertiary/aromatic N) is 1. The van der Waals surface area contributed by atoms with Crippen molar-refractivity contribution in [1.82, 2.24) is 0 Å². The highest BCUT2D eigenvalue weighted by Crippen LogP contribution is 2.33. The molecule has 1 aromatic carbocycles. The standard InChI is InChI=1S/C13H11ClFNO2/c1-7-3-9-11(10(15)4-7)16(6-8(2)5-14)13(18)12(9)17/h3-5H,6H2,1-2H3/b8-5-. The molecule has 0 aromatic heterocycles. The fourth-order valence-electron chi connectivity index (χ4n) is 1.96. The molecular formula is C13H11ClFNO2. The number of aryl methyl sites for hydroxylation is 1. The number of hydrogen-bond donors (Lipinski definition) is 0. The molecule has 1 aliphatic rings. The number of rotatable bonds is 2. The van der Waals surface area contributed by atoms with Crippen LogP contribution in [0.15, 0.2) is 23.2 Å². The molecule has 94 valence electrons. The van der Waals surface area contributed by atoms with Gasteiger partial charge in [-0.25, -0.2) is 4.39 Å². The number of carbonyl (C=O) groups excluding carboxylic acids is 2. The summed E-state index contributed by atoms with van der Waals surface area (Å²) in [6.45, 7) is 3.49. The fraction of sp³-hybridized carbons (Fsp3) is 0.231. The van der Waals surface area contributed by atoms with E-state index in [2.05, 4.69) is 0 Å². The largest absolute Gasteiger partial charge is 0.299 e. The second-order valence-corrected chi connectivity index (χ2v) is 4.54. The number of hydrogen-bond acceptors (Lipinski definition) is 2. The molecule has 1 heterocycles. The quantitative estimate of drug-likeness (QED) is 0.773. The van der Waals surface area contributed by atoms with E-state index in [1.54, 1.807) is 13.8 Å². The molecule has 0 unspecified atom stereocenters. The van der Waals surface area contributed by atoms with Gasteiger partial charge < -0.3 is 0 Å². The van der Waals surface area contributed by atoms with Crippen LogP contribution in [0, 0.1) is 12.7 Å². The van der Waals surface area contributed by atoms with Crippen LogP contribution >= 0.6 is 11.6 Å². The van der Waals surface area contributed by atoms with E-state index in [1.165, 1.54) is 17.7 Å². The van der Waals surface area contributed by atoms with Gasteiger partial charge in [0.25, 0.3) is 11.7 Å². The van der Waals surface area contributed by atoms with Crippen LogP contribution in [0.1, 0.15) is 22.8 Å². The number of anilines is 1. The Labute approximate surface area is 109 Å². The molecule has 0 saturated carbocycles. The number of amides is 1. The third kappa shape index (κ3) is 1.93. The van der Waals surface area contributed by atoms with Crippen molar-refractivity contribution in [1.29, 1.82) is 0 Å². The smallest absolute Gasteiger partial charge is 0.298 e. The van der Waals surface area contributed by atoms with Crippen molar-refractivity contribution in [2.75, 3.05) is 11.4 Å². The first-order valence-corrected chi connectivity index (χ1v) is 5.81. The van der Waals surface area contributed by atoms with Crippen molar-refractivity contribution in [3.05, 3.63) is 40.2 Å².